The van der Waals surface area contributed by atoms with Crippen molar-refractivity contribution in [1.29, 1.82) is 0 Å². The number of fused-ring (bicyclic) bond motifs is 7. The van der Waals surface area contributed by atoms with E-state index in [9.17, 15) is 0 Å². The van der Waals surface area contributed by atoms with E-state index in [0.717, 1.165) is 60.2 Å². The van der Waals surface area contributed by atoms with Gasteiger partial charge < -0.3 is 4.42 Å². The molecule has 0 fully saturated rings. The summed E-state index contributed by atoms with van der Waals surface area (Å²) in [6.45, 7) is 0. The Labute approximate surface area is 282 Å². The van der Waals surface area contributed by atoms with Crippen molar-refractivity contribution in [2.75, 3.05) is 0 Å². The highest BCUT2D eigenvalue weighted by molar-refractivity contribution is 6.18. The third kappa shape index (κ3) is 4.42. The van der Waals surface area contributed by atoms with Gasteiger partial charge >= 0.3 is 0 Å². The first-order valence-electron chi connectivity index (χ1n) is 16.5. The molecule has 0 amide bonds. The quantitative estimate of drug-likeness (QED) is 0.195. The Balaban J connectivity index is 1.24. The van der Waals surface area contributed by atoms with Crippen LogP contribution in [0.1, 0.15) is 0 Å². The minimum absolute atomic E-state index is 0.602. The fraction of sp³-hybridized carbons (Fsp3) is 0. The van der Waals surface area contributed by atoms with E-state index < -0.39 is 0 Å². The van der Waals surface area contributed by atoms with Crippen LogP contribution in [0.15, 0.2) is 168 Å². The molecule has 2 heterocycles. The zero-order chi connectivity index (χ0) is 32.3. The van der Waals surface area contributed by atoms with Crippen molar-refractivity contribution in [3.05, 3.63) is 164 Å². The van der Waals surface area contributed by atoms with E-state index in [2.05, 4.69) is 115 Å². The Hall–Kier alpha value is -6.65. The smallest absolute Gasteiger partial charge is 0.164 e. The maximum Gasteiger partial charge on any atom is 0.164 e. The molecule has 0 spiro atoms. The molecule has 0 bridgehead atoms. The first-order valence-corrected chi connectivity index (χ1v) is 16.5. The van der Waals surface area contributed by atoms with Crippen molar-refractivity contribution < 1.29 is 4.42 Å². The standard InChI is InChI=1S/C45H27N3O/c1-2-13-30(14-3-1)43-46-44(38-23-11-21-34-33(20-10-22-35(34)38)32-19-8-15-28-12-4-5-17-31(28)32)48-45(47-43)39-24-9-16-29-26-27-37-36-18-6-7-25-40(36)49-42(37)41(29)39/h1-27H. The van der Waals surface area contributed by atoms with Gasteiger partial charge in [0.2, 0.25) is 0 Å². The average Bonchev–Trinajstić information content (AvgIpc) is 3.56. The minimum Gasteiger partial charge on any atom is -0.455 e. The number of hydrogen-bond donors (Lipinski definition) is 0. The molecule has 0 saturated heterocycles. The van der Waals surface area contributed by atoms with E-state index in [0.29, 0.717) is 17.5 Å². The monoisotopic (exact) mass is 625 g/mol. The molecule has 4 nitrogen and oxygen atoms in total. The summed E-state index contributed by atoms with van der Waals surface area (Å²) in [5.41, 5.74) is 6.86. The molecule has 0 radical (unpaired) electrons. The van der Waals surface area contributed by atoms with Crippen molar-refractivity contribution in [1.82, 2.24) is 15.0 Å². The fourth-order valence-corrected chi connectivity index (χ4v) is 7.27. The summed E-state index contributed by atoms with van der Waals surface area (Å²) >= 11 is 0. The number of rotatable bonds is 4. The van der Waals surface area contributed by atoms with Gasteiger partial charge in [-0.1, -0.05) is 152 Å². The normalized spacial score (nSPS) is 11.7. The SMILES string of the molecule is c1ccc(-c2nc(-c3cccc4c(-c5cccc6ccccc56)cccc34)nc(-c3cccc4ccc5c6ccccc6oc5c34)n2)cc1. The van der Waals surface area contributed by atoms with Crippen LogP contribution in [-0.4, -0.2) is 15.0 Å². The van der Waals surface area contributed by atoms with Crippen LogP contribution in [0.5, 0.6) is 0 Å². The summed E-state index contributed by atoms with van der Waals surface area (Å²) in [4.78, 5) is 15.5. The van der Waals surface area contributed by atoms with Crippen LogP contribution >= 0.6 is 0 Å². The van der Waals surface area contributed by atoms with Crippen LogP contribution in [0.2, 0.25) is 0 Å². The Morgan fingerprint density at radius 1 is 0.327 bits per heavy atom. The van der Waals surface area contributed by atoms with Gasteiger partial charge in [0.1, 0.15) is 11.2 Å². The molecule has 0 unspecified atom stereocenters. The van der Waals surface area contributed by atoms with Gasteiger partial charge in [0, 0.05) is 32.8 Å². The second-order valence-electron chi connectivity index (χ2n) is 12.3. The van der Waals surface area contributed by atoms with Crippen LogP contribution in [0.25, 0.3) is 99.5 Å². The summed E-state index contributed by atoms with van der Waals surface area (Å²) in [5, 5.41) is 8.90. The van der Waals surface area contributed by atoms with E-state index >= 15 is 0 Å². The lowest BCUT2D eigenvalue weighted by Crippen LogP contribution is -2.01. The number of furan rings is 1. The van der Waals surface area contributed by atoms with Gasteiger partial charge in [-0.15, -0.1) is 0 Å². The molecule has 2 aromatic heterocycles. The highest BCUT2D eigenvalue weighted by atomic mass is 16.3. The lowest BCUT2D eigenvalue weighted by Gasteiger charge is -2.14. The third-order valence-electron chi connectivity index (χ3n) is 9.54. The van der Waals surface area contributed by atoms with Crippen LogP contribution in [-0.2, 0) is 0 Å². The minimum atomic E-state index is 0.602. The van der Waals surface area contributed by atoms with Gasteiger partial charge in [-0.3, -0.25) is 0 Å². The van der Waals surface area contributed by atoms with Gasteiger partial charge in [0.25, 0.3) is 0 Å². The Bertz CT molecular complexity index is 2890. The Morgan fingerprint density at radius 2 is 0.878 bits per heavy atom. The molecule has 228 valence electrons. The zero-order valence-corrected chi connectivity index (χ0v) is 26.3. The van der Waals surface area contributed by atoms with Gasteiger partial charge in [0.15, 0.2) is 17.5 Å². The van der Waals surface area contributed by atoms with Crippen LogP contribution < -0.4 is 0 Å². The molecule has 10 rings (SSSR count). The fourth-order valence-electron chi connectivity index (χ4n) is 7.27. The topological polar surface area (TPSA) is 51.8 Å². The van der Waals surface area contributed by atoms with Gasteiger partial charge in [-0.05, 0) is 50.2 Å². The molecule has 8 aromatic carbocycles. The summed E-state index contributed by atoms with van der Waals surface area (Å²) in [7, 11) is 0. The van der Waals surface area contributed by atoms with Crippen molar-refractivity contribution in [3.63, 3.8) is 0 Å². The zero-order valence-electron chi connectivity index (χ0n) is 26.3. The van der Waals surface area contributed by atoms with Crippen molar-refractivity contribution in [2.24, 2.45) is 0 Å². The van der Waals surface area contributed by atoms with E-state index in [4.69, 9.17) is 19.4 Å². The van der Waals surface area contributed by atoms with Crippen molar-refractivity contribution in [3.8, 4) is 45.3 Å². The third-order valence-corrected chi connectivity index (χ3v) is 9.54. The maximum absolute atomic E-state index is 6.53. The summed E-state index contributed by atoms with van der Waals surface area (Å²) in [5.74, 6) is 1.85. The molecule has 4 heteroatoms. The van der Waals surface area contributed by atoms with Gasteiger partial charge in [-0.25, -0.2) is 15.0 Å². The van der Waals surface area contributed by atoms with E-state index in [1.807, 2.05) is 48.5 Å². The van der Waals surface area contributed by atoms with Crippen LogP contribution in [0.4, 0.5) is 0 Å². The number of nitrogens with zero attached hydrogens (tertiary/aromatic N) is 3. The van der Waals surface area contributed by atoms with Crippen molar-refractivity contribution >= 4 is 54.3 Å². The maximum atomic E-state index is 6.53. The average molecular weight is 626 g/mol. The molecule has 10 aromatic rings. The Kier molecular flexibility index (Phi) is 6.15. The van der Waals surface area contributed by atoms with Gasteiger partial charge in [-0.2, -0.15) is 0 Å². The van der Waals surface area contributed by atoms with Crippen LogP contribution in [0.3, 0.4) is 0 Å². The first kappa shape index (κ1) is 27.5. The summed E-state index contributed by atoms with van der Waals surface area (Å²) < 4.78 is 6.53. The predicted octanol–water partition coefficient (Wildman–Crippen LogP) is 11.9. The number of benzene rings is 8. The van der Waals surface area contributed by atoms with Crippen LogP contribution in [0, 0.1) is 0 Å². The molecule has 0 aliphatic rings. The molecule has 0 aliphatic carbocycles. The second-order valence-corrected chi connectivity index (χ2v) is 12.3. The second kappa shape index (κ2) is 11.0. The van der Waals surface area contributed by atoms with E-state index in [1.54, 1.807) is 0 Å². The molecule has 0 atom stereocenters. The lowest BCUT2D eigenvalue weighted by atomic mass is 9.92. The molecule has 0 saturated carbocycles. The largest absolute Gasteiger partial charge is 0.455 e. The van der Waals surface area contributed by atoms with Crippen molar-refractivity contribution in [2.45, 2.75) is 0 Å². The van der Waals surface area contributed by atoms with Gasteiger partial charge in [0.05, 0.1) is 0 Å². The molecule has 49 heavy (non-hydrogen) atoms. The lowest BCUT2D eigenvalue weighted by molar-refractivity contribution is 0.672. The number of aromatic nitrogens is 3. The molecular weight excluding hydrogens is 599 g/mol. The Morgan fingerprint density at radius 3 is 1.71 bits per heavy atom. The highest BCUT2D eigenvalue weighted by Gasteiger charge is 2.19. The summed E-state index contributed by atoms with van der Waals surface area (Å²) in [6.07, 6.45) is 0. The molecular formula is C45H27N3O. The van der Waals surface area contributed by atoms with E-state index in [-0.39, 0.29) is 0 Å². The molecule has 0 N–H and O–H groups in total. The van der Waals surface area contributed by atoms with E-state index in [1.165, 1.54) is 21.9 Å². The first-order chi connectivity index (χ1) is 24.3. The number of hydrogen-bond acceptors (Lipinski definition) is 4. The number of para-hydroxylation sites is 1. The summed E-state index contributed by atoms with van der Waals surface area (Å²) in [6, 6.07) is 56.9. The highest BCUT2D eigenvalue weighted by Crippen LogP contribution is 2.40. The molecule has 0 aliphatic heterocycles. The predicted molar refractivity (Wildman–Crippen MR) is 201 cm³/mol.